The van der Waals surface area contributed by atoms with Gasteiger partial charge in [-0.3, -0.25) is 0 Å². The van der Waals surface area contributed by atoms with Crippen LogP contribution in [0.5, 0.6) is 23.0 Å². The smallest absolute Gasteiger partial charge is 0.716 e. The Hall–Kier alpha value is -0.327. The van der Waals surface area contributed by atoms with Crippen LogP contribution in [0.2, 0.25) is 0 Å². The zero-order chi connectivity index (χ0) is 25.0. The van der Waals surface area contributed by atoms with E-state index in [1.807, 2.05) is 0 Å². The largest absolute Gasteiger partial charge is 1.00 e. The summed E-state index contributed by atoms with van der Waals surface area (Å²) in [7, 11) is -10.7. The van der Waals surface area contributed by atoms with Gasteiger partial charge in [0.1, 0.15) is 0 Å². The molecular formula is C18H12K2O14S2. The molecule has 0 fully saturated rings. The molecule has 4 rings (SSSR count). The van der Waals surface area contributed by atoms with Gasteiger partial charge in [-0.1, -0.05) is 0 Å². The van der Waals surface area contributed by atoms with Crippen LogP contribution in [0.3, 0.4) is 0 Å². The number of hydrogen-bond acceptors (Lipinski definition) is 14. The van der Waals surface area contributed by atoms with Crippen molar-refractivity contribution in [3.63, 3.8) is 0 Å². The third kappa shape index (κ3) is 6.28. The zero-order valence-corrected chi connectivity index (χ0v) is 27.0. The summed E-state index contributed by atoms with van der Waals surface area (Å²) in [5.41, 5.74) is -3.21. The zero-order valence-electron chi connectivity index (χ0n) is 19.1. The fraction of sp³-hybridized carbons (Fsp3) is 0.222. The molecule has 18 heteroatoms. The fourth-order valence-electron chi connectivity index (χ4n) is 3.45. The first kappa shape index (κ1) is 31.9. The van der Waals surface area contributed by atoms with E-state index in [-0.39, 0.29) is 138 Å². The minimum Gasteiger partial charge on any atom is -0.716 e. The van der Waals surface area contributed by atoms with Crippen LogP contribution in [0.1, 0.15) is 13.8 Å². The van der Waals surface area contributed by atoms with Crippen LogP contribution in [-0.4, -0.2) is 39.2 Å². The Morgan fingerprint density at radius 2 is 1.06 bits per heavy atom. The van der Waals surface area contributed by atoms with E-state index < -0.39 is 66.2 Å². The van der Waals surface area contributed by atoms with Gasteiger partial charge in [0.25, 0.3) is 20.8 Å². The van der Waals surface area contributed by atoms with Crippen LogP contribution in [0.4, 0.5) is 0 Å². The van der Waals surface area contributed by atoms with Crippen molar-refractivity contribution in [2.24, 2.45) is 0 Å². The van der Waals surface area contributed by atoms with Crippen LogP contribution in [0, 0.1) is 0 Å². The van der Waals surface area contributed by atoms with Crippen LogP contribution >= 0.6 is 0 Å². The summed E-state index contributed by atoms with van der Waals surface area (Å²) in [6, 6.07) is 1.70. The summed E-state index contributed by atoms with van der Waals surface area (Å²) in [5, 5.41) is -0.966. The minimum atomic E-state index is -5.33. The summed E-state index contributed by atoms with van der Waals surface area (Å²) in [5.74, 6) is -2.41. The first-order valence-corrected chi connectivity index (χ1v) is 11.9. The molecule has 2 aromatic carbocycles. The molecule has 0 spiro atoms. The summed E-state index contributed by atoms with van der Waals surface area (Å²) in [4.78, 5) is 25.6. The summed E-state index contributed by atoms with van der Waals surface area (Å²) < 4.78 is 97.0. The van der Waals surface area contributed by atoms with Crippen molar-refractivity contribution < 1.29 is 155 Å². The molecule has 182 valence electrons. The van der Waals surface area contributed by atoms with Crippen LogP contribution < -0.4 is 132 Å². The second-order valence-electron chi connectivity index (χ2n) is 6.54. The van der Waals surface area contributed by atoms with Gasteiger partial charge in [0, 0.05) is 22.9 Å². The molecule has 0 saturated heterocycles. The molecule has 36 heavy (non-hydrogen) atoms. The van der Waals surface area contributed by atoms with E-state index >= 15 is 0 Å². The molecule has 2 aromatic heterocycles. The van der Waals surface area contributed by atoms with Gasteiger partial charge in [0.05, 0.1) is 24.0 Å². The molecule has 0 N–H and O–H groups in total. The van der Waals surface area contributed by atoms with Crippen LogP contribution in [0.15, 0.2) is 30.6 Å². The fourth-order valence-corrected chi connectivity index (χ4v) is 4.13. The number of ether oxygens (including phenoxy) is 2. The standard InChI is InChI=1S/C18H14O14S2.2K/c1-3-27-13-9(31-33(21,22)23)5-7-11-12-8(17(19)29-15(11)13)6-10(32-34(24,25)26)14(28-4-2)16(12)30-18(7)20;;/h5-6H,3-4H2,1-2H3,(H,21,22,23)(H,24,25,26);;/q;2*+1/p-2. The van der Waals surface area contributed by atoms with E-state index in [0.29, 0.717) is 0 Å². The molecule has 14 nitrogen and oxygen atoms in total. The van der Waals surface area contributed by atoms with Crippen molar-refractivity contribution in [1.82, 2.24) is 0 Å². The SMILES string of the molecule is CCOc1c(OS(=O)(=O)[O-])cc2c(=O)oc3c(OCC)c(OS(=O)(=O)[O-])cc4c(=O)oc1c2c34.[K+].[K+]. The van der Waals surface area contributed by atoms with Gasteiger partial charge in [0.15, 0.2) is 22.7 Å². The third-order valence-electron chi connectivity index (χ3n) is 4.44. The van der Waals surface area contributed by atoms with Gasteiger partial charge in [-0.15, -0.1) is 0 Å². The predicted molar refractivity (Wildman–Crippen MR) is 110 cm³/mol. The second kappa shape index (κ2) is 11.8. The van der Waals surface area contributed by atoms with Gasteiger partial charge >= 0.3 is 114 Å². The van der Waals surface area contributed by atoms with Crippen LogP contribution in [-0.2, 0) is 20.8 Å². The Balaban J connectivity index is 0.00000228. The van der Waals surface area contributed by atoms with E-state index in [0.717, 1.165) is 12.1 Å². The average molecular weight is 595 g/mol. The number of hydrogen-bond donors (Lipinski definition) is 0. The van der Waals surface area contributed by atoms with Gasteiger partial charge < -0.3 is 35.8 Å². The molecule has 0 radical (unpaired) electrons. The summed E-state index contributed by atoms with van der Waals surface area (Å²) >= 11 is 0. The van der Waals surface area contributed by atoms with Gasteiger partial charge in [-0.2, -0.15) is 0 Å². The van der Waals surface area contributed by atoms with E-state index in [4.69, 9.17) is 18.3 Å². The monoisotopic (exact) mass is 594 g/mol. The Labute approximate surface area is 287 Å². The first-order chi connectivity index (χ1) is 15.8. The Bertz CT molecular complexity index is 1640. The van der Waals surface area contributed by atoms with Gasteiger partial charge in [-0.25, -0.2) is 26.4 Å². The maximum Gasteiger partial charge on any atom is 1.00 e. The first-order valence-electron chi connectivity index (χ1n) is 9.27. The van der Waals surface area contributed by atoms with E-state index in [1.54, 1.807) is 0 Å². The Morgan fingerprint density at radius 3 is 1.33 bits per heavy atom. The van der Waals surface area contributed by atoms with Crippen molar-refractivity contribution in [3.05, 3.63) is 33.0 Å². The molecule has 0 unspecified atom stereocenters. The third-order valence-corrected chi connectivity index (χ3v) is 5.21. The number of rotatable bonds is 8. The molecule has 0 bridgehead atoms. The van der Waals surface area contributed by atoms with Crippen molar-refractivity contribution in [3.8, 4) is 23.0 Å². The summed E-state index contributed by atoms with van der Waals surface area (Å²) in [6.07, 6.45) is 0. The summed E-state index contributed by atoms with van der Waals surface area (Å²) in [6.45, 7) is 2.81. The maximum atomic E-state index is 12.8. The van der Waals surface area contributed by atoms with E-state index in [1.165, 1.54) is 13.8 Å². The Kier molecular flexibility index (Phi) is 10.5. The van der Waals surface area contributed by atoms with Gasteiger partial charge in [0.2, 0.25) is 11.5 Å². The predicted octanol–water partition coefficient (Wildman–Crippen LogP) is -5.03. The van der Waals surface area contributed by atoms with E-state index in [2.05, 4.69) is 8.37 Å². The normalized spacial score (nSPS) is 11.8. The van der Waals surface area contributed by atoms with Crippen molar-refractivity contribution in [1.29, 1.82) is 0 Å². The van der Waals surface area contributed by atoms with Crippen LogP contribution in [0.25, 0.3) is 32.7 Å². The second-order valence-corrected chi connectivity index (χ2v) is 8.51. The molecule has 0 atom stereocenters. The molecular weight excluding hydrogens is 583 g/mol. The molecule has 0 amide bonds. The molecule has 4 aromatic rings. The van der Waals surface area contributed by atoms with Crippen molar-refractivity contribution in [2.45, 2.75) is 13.8 Å². The topological polar surface area (TPSA) is 212 Å². The minimum absolute atomic E-state index is 0. The maximum absolute atomic E-state index is 12.8. The van der Waals surface area contributed by atoms with Gasteiger partial charge in [-0.05, 0) is 13.8 Å². The van der Waals surface area contributed by atoms with E-state index in [9.17, 15) is 35.5 Å². The molecule has 0 aliphatic heterocycles. The molecule has 0 saturated carbocycles. The molecule has 0 aliphatic rings. The quantitative estimate of drug-likeness (QED) is 0.0614. The number of benzene rings is 2. The average Bonchev–Trinajstić information content (AvgIpc) is 2.69. The van der Waals surface area contributed by atoms with Crippen molar-refractivity contribution >= 4 is 53.5 Å². The van der Waals surface area contributed by atoms with Crippen molar-refractivity contribution in [2.75, 3.05) is 13.2 Å². The Morgan fingerprint density at radius 1 is 0.722 bits per heavy atom. The molecule has 2 heterocycles. The molecule has 0 aliphatic carbocycles.